The minimum absolute atomic E-state index is 0.0324. The molecule has 0 radical (unpaired) electrons. The minimum Gasteiger partial charge on any atom is -0.505 e. The average Bonchev–Trinajstić information content (AvgIpc) is 3.02. The zero-order chi connectivity index (χ0) is 33.6. The van der Waals surface area contributed by atoms with Gasteiger partial charge in [-0.2, -0.15) is 17.8 Å². The van der Waals surface area contributed by atoms with Gasteiger partial charge in [0.05, 0.1) is 38.0 Å². The summed E-state index contributed by atoms with van der Waals surface area (Å²) in [5.41, 5.74) is 6.05. The Balaban J connectivity index is 1.69. The monoisotopic (exact) mass is 674 g/mol. The Morgan fingerprint density at radius 3 is 1.89 bits per heavy atom. The molecule has 0 spiro atoms. The van der Waals surface area contributed by atoms with Crippen molar-refractivity contribution in [2.75, 3.05) is 46.3 Å². The molecule has 16 nitrogen and oxygen atoms in total. The van der Waals surface area contributed by atoms with Gasteiger partial charge in [-0.3, -0.25) is 4.55 Å². The number of nitrogens with two attached hydrogens (primary N) is 1. The van der Waals surface area contributed by atoms with E-state index in [4.69, 9.17) is 15.2 Å². The van der Waals surface area contributed by atoms with Gasteiger partial charge in [-0.1, -0.05) is 12.1 Å². The Labute approximate surface area is 263 Å². The average molecular weight is 675 g/mol. The summed E-state index contributed by atoms with van der Waals surface area (Å²) < 4.78 is 71.5. The van der Waals surface area contributed by atoms with Gasteiger partial charge in [0, 0.05) is 36.3 Å². The van der Waals surface area contributed by atoms with Crippen LogP contribution in [0.4, 0.5) is 28.4 Å². The van der Waals surface area contributed by atoms with E-state index in [9.17, 15) is 36.7 Å². The Kier molecular flexibility index (Phi) is 10.5. The van der Waals surface area contributed by atoms with Gasteiger partial charge in [0.15, 0.2) is 5.75 Å². The van der Waals surface area contributed by atoms with Crippen LogP contribution in [0.2, 0.25) is 0 Å². The minimum atomic E-state index is -4.85. The summed E-state index contributed by atoms with van der Waals surface area (Å²) in [4.78, 5) is -0.767. The maximum Gasteiger partial charge on any atom is 0.296 e. The van der Waals surface area contributed by atoms with Crippen molar-refractivity contribution in [3.8, 4) is 17.2 Å². The highest BCUT2D eigenvalue weighted by Crippen LogP contribution is 2.45. The summed E-state index contributed by atoms with van der Waals surface area (Å²) in [5, 5.41) is 45.8. The van der Waals surface area contributed by atoms with Gasteiger partial charge in [-0.15, -0.1) is 15.3 Å². The number of aliphatic hydroxyl groups excluding tert-OH is 2. The van der Waals surface area contributed by atoms with Crippen LogP contribution in [0.1, 0.15) is 0 Å². The van der Waals surface area contributed by atoms with Crippen molar-refractivity contribution in [1.82, 2.24) is 4.31 Å². The number of fused-ring (bicyclic) bond motifs is 1. The third kappa shape index (κ3) is 7.22. The lowest BCUT2D eigenvalue weighted by atomic mass is 10.1. The van der Waals surface area contributed by atoms with Crippen LogP contribution in [0.15, 0.2) is 90.9 Å². The molecule has 0 saturated heterocycles. The van der Waals surface area contributed by atoms with Gasteiger partial charge in [-0.05, 0) is 41.8 Å². The summed E-state index contributed by atoms with van der Waals surface area (Å²) in [7, 11) is -6.14. The molecule has 18 heteroatoms. The molecule has 0 aliphatic carbocycles. The van der Waals surface area contributed by atoms with Crippen molar-refractivity contribution >= 4 is 59.4 Å². The maximum absolute atomic E-state index is 12.8. The first kappa shape index (κ1) is 34.2. The van der Waals surface area contributed by atoms with Crippen LogP contribution < -0.4 is 15.2 Å². The summed E-state index contributed by atoms with van der Waals surface area (Å²) in [6, 6.07) is 13.9. The van der Waals surface area contributed by atoms with Crippen molar-refractivity contribution < 1.29 is 46.2 Å². The fourth-order valence-corrected chi connectivity index (χ4v) is 6.45. The number of hydrogen-bond donors (Lipinski definition) is 5. The molecule has 4 rings (SSSR count). The van der Waals surface area contributed by atoms with Crippen molar-refractivity contribution in [3.05, 3.63) is 60.7 Å². The van der Waals surface area contributed by atoms with Gasteiger partial charge >= 0.3 is 0 Å². The first-order valence-corrected chi connectivity index (χ1v) is 16.2. The zero-order valence-corrected chi connectivity index (χ0v) is 26.1. The van der Waals surface area contributed by atoms with E-state index in [1.54, 1.807) is 6.07 Å². The van der Waals surface area contributed by atoms with Crippen LogP contribution in [-0.2, 0) is 20.1 Å². The Hall–Kier alpha value is -4.72. The highest BCUT2D eigenvalue weighted by Gasteiger charge is 2.24. The fraction of sp³-hybridized carbons (Fsp3) is 0.214. The highest BCUT2D eigenvalue weighted by atomic mass is 32.2. The van der Waals surface area contributed by atoms with E-state index in [1.807, 2.05) is 0 Å². The molecule has 0 aliphatic heterocycles. The van der Waals surface area contributed by atoms with E-state index in [-0.39, 0.29) is 63.0 Å². The van der Waals surface area contributed by atoms with Crippen molar-refractivity contribution in [2.24, 2.45) is 20.5 Å². The van der Waals surface area contributed by atoms with Crippen molar-refractivity contribution in [1.29, 1.82) is 0 Å². The first-order chi connectivity index (χ1) is 21.8. The van der Waals surface area contributed by atoms with Crippen LogP contribution in [-0.4, -0.2) is 81.5 Å². The summed E-state index contributed by atoms with van der Waals surface area (Å²) in [6.07, 6.45) is 0. The number of aliphatic hydroxyl groups is 2. The number of ether oxygens (including phenoxy) is 2. The standard InChI is InChI=1S/C28H30N6O10S2/c1-43-23-16-22(32-33-27-25(46(40,41)42)14-17-4-3-5-20(29)26(17)28(27)37)24(44-2)15-21(23)31-30-18-6-8-19(9-7-18)45(38,39)34(10-12-35)11-13-36/h3-9,14-16,35-37H,10-13,29H2,1-2H3,(H,40,41,42)/b31-30+,33-32+. The lowest BCUT2D eigenvalue weighted by Crippen LogP contribution is -2.35. The first-order valence-electron chi connectivity index (χ1n) is 13.3. The number of azo groups is 2. The van der Waals surface area contributed by atoms with Crippen LogP contribution in [0.3, 0.4) is 0 Å². The predicted octanol–water partition coefficient (Wildman–Crippen LogP) is 4.20. The molecule has 6 N–H and O–H groups in total. The molecule has 4 aromatic carbocycles. The molecule has 4 aromatic rings. The quantitative estimate of drug-likeness (QED) is 0.0764. The number of phenols is 1. The number of sulfonamides is 1. The summed E-state index contributed by atoms with van der Waals surface area (Å²) in [5.74, 6) is -0.374. The number of phenolic OH excluding ortho intramolecular Hbond substituents is 1. The zero-order valence-electron chi connectivity index (χ0n) is 24.5. The molecule has 46 heavy (non-hydrogen) atoms. The number of aromatic hydroxyl groups is 1. The second kappa shape index (κ2) is 14.1. The van der Waals surface area contributed by atoms with E-state index in [1.165, 1.54) is 62.8 Å². The second-order valence-corrected chi connectivity index (χ2v) is 12.8. The third-order valence-electron chi connectivity index (χ3n) is 6.57. The molecular formula is C28H30N6O10S2. The number of nitrogens with zero attached hydrogens (tertiary/aromatic N) is 5. The van der Waals surface area contributed by atoms with Crippen molar-refractivity contribution in [2.45, 2.75) is 9.79 Å². The molecule has 0 aliphatic rings. The smallest absolute Gasteiger partial charge is 0.296 e. The molecule has 0 unspecified atom stereocenters. The Morgan fingerprint density at radius 1 is 0.804 bits per heavy atom. The number of hydrogen-bond acceptors (Lipinski definition) is 14. The van der Waals surface area contributed by atoms with Gasteiger partial charge in [-0.25, -0.2) is 8.42 Å². The number of methoxy groups -OCH3 is 2. The number of anilines is 1. The van der Waals surface area contributed by atoms with Crippen LogP contribution in [0, 0.1) is 0 Å². The normalized spacial score (nSPS) is 12.5. The molecular weight excluding hydrogens is 644 g/mol. The van der Waals surface area contributed by atoms with Gasteiger partial charge < -0.3 is 30.5 Å². The molecule has 0 saturated carbocycles. The van der Waals surface area contributed by atoms with Crippen molar-refractivity contribution in [3.63, 3.8) is 0 Å². The Morgan fingerprint density at radius 2 is 1.37 bits per heavy atom. The summed E-state index contributed by atoms with van der Waals surface area (Å²) in [6.45, 7) is -1.18. The predicted molar refractivity (Wildman–Crippen MR) is 167 cm³/mol. The maximum atomic E-state index is 12.8. The van der Waals surface area contributed by atoms with E-state index < -0.39 is 49.7 Å². The fourth-order valence-electron chi connectivity index (χ4n) is 4.37. The van der Waals surface area contributed by atoms with Gasteiger partial charge in [0.2, 0.25) is 10.0 Å². The Bertz CT molecular complexity index is 2010. The van der Waals surface area contributed by atoms with Crippen LogP contribution >= 0.6 is 0 Å². The van der Waals surface area contributed by atoms with E-state index in [0.29, 0.717) is 0 Å². The number of benzene rings is 4. The SMILES string of the molecule is COc1cc(/N=N/c2c(S(=O)(=O)O)cc3cccc(N)c3c2O)c(OC)cc1/N=N/c1ccc(S(=O)(=O)N(CCO)CCO)cc1. The largest absolute Gasteiger partial charge is 0.505 e. The number of nitrogen functional groups attached to an aromatic ring is 1. The van der Waals surface area contributed by atoms with Gasteiger partial charge in [0.25, 0.3) is 10.1 Å². The lowest BCUT2D eigenvalue weighted by Gasteiger charge is -2.20. The molecule has 0 heterocycles. The molecule has 244 valence electrons. The lowest BCUT2D eigenvalue weighted by molar-refractivity contribution is 0.217. The van der Waals surface area contributed by atoms with Crippen LogP contribution in [0.5, 0.6) is 17.2 Å². The van der Waals surface area contributed by atoms with E-state index >= 15 is 0 Å². The number of rotatable bonds is 13. The summed E-state index contributed by atoms with van der Waals surface area (Å²) >= 11 is 0. The second-order valence-electron chi connectivity index (χ2n) is 9.43. The molecule has 0 atom stereocenters. The van der Waals surface area contributed by atoms with Gasteiger partial charge in [0.1, 0.15) is 33.5 Å². The molecule has 0 fully saturated rings. The highest BCUT2D eigenvalue weighted by molar-refractivity contribution is 7.89. The molecule has 0 amide bonds. The topological polar surface area (TPSA) is 246 Å². The molecule has 0 aromatic heterocycles. The third-order valence-corrected chi connectivity index (χ3v) is 9.35. The van der Waals surface area contributed by atoms with E-state index in [2.05, 4.69) is 20.5 Å². The van der Waals surface area contributed by atoms with E-state index in [0.717, 1.165) is 10.4 Å². The van der Waals surface area contributed by atoms with Crippen LogP contribution in [0.25, 0.3) is 10.8 Å². The molecule has 0 bridgehead atoms.